The standard InChI is InChI=1S/C13H7F3O/c14-13(15,16)11-7-17-12-6-9-4-2-1-3-8(9)5-10(11)12/h1-7H. The first-order chi connectivity index (χ1) is 8.05. The number of furan rings is 1. The molecule has 0 amide bonds. The van der Waals surface area contributed by atoms with Crippen LogP contribution in [-0.4, -0.2) is 0 Å². The predicted octanol–water partition coefficient (Wildman–Crippen LogP) is 4.60. The van der Waals surface area contributed by atoms with E-state index >= 15 is 0 Å². The fourth-order valence-corrected chi connectivity index (χ4v) is 1.93. The molecule has 3 rings (SSSR count). The molecule has 0 atom stereocenters. The number of halogens is 3. The van der Waals surface area contributed by atoms with E-state index in [1.54, 1.807) is 18.2 Å². The van der Waals surface area contributed by atoms with E-state index in [1.807, 2.05) is 12.1 Å². The highest BCUT2D eigenvalue weighted by Gasteiger charge is 2.34. The molecule has 17 heavy (non-hydrogen) atoms. The van der Waals surface area contributed by atoms with Crippen molar-refractivity contribution in [3.63, 3.8) is 0 Å². The Morgan fingerprint density at radius 2 is 1.59 bits per heavy atom. The molecule has 0 fully saturated rings. The third-order valence-corrected chi connectivity index (χ3v) is 2.75. The van der Waals surface area contributed by atoms with E-state index in [0.717, 1.165) is 17.0 Å². The van der Waals surface area contributed by atoms with E-state index in [2.05, 4.69) is 0 Å². The molecule has 0 aliphatic heterocycles. The molecule has 86 valence electrons. The van der Waals surface area contributed by atoms with Crippen LogP contribution >= 0.6 is 0 Å². The molecule has 0 spiro atoms. The van der Waals surface area contributed by atoms with Crippen LogP contribution in [0.25, 0.3) is 21.7 Å². The quantitative estimate of drug-likeness (QED) is 0.555. The zero-order valence-corrected chi connectivity index (χ0v) is 8.58. The van der Waals surface area contributed by atoms with Crippen molar-refractivity contribution in [3.05, 3.63) is 48.2 Å². The highest BCUT2D eigenvalue weighted by Crippen LogP contribution is 2.37. The molecule has 0 radical (unpaired) electrons. The minimum atomic E-state index is -4.38. The second kappa shape index (κ2) is 3.26. The maximum atomic E-state index is 12.7. The van der Waals surface area contributed by atoms with Gasteiger partial charge in [-0.25, -0.2) is 0 Å². The third kappa shape index (κ3) is 1.56. The fourth-order valence-electron chi connectivity index (χ4n) is 1.93. The van der Waals surface area contributed by atoms with E-state index in [0.29, 0.717) is 0 Å². The minimum Gasteiger partial charge on any atom is -0.464 e. The smallest absolute Gasteiger partial charge is 0.420 e. The first-order valence-corrected chi connectivity index (χ1v) is 5.03. The van der Waals surface area contributed by atoms with Gasteiger partial charge in [-0.2, -0.15) is 13.2 Å². The molecule has 2 aromatic carbocycles. The number of alkyl halides is 3. The van der Waals surface area contributed by atoms with Crippen molar-refractivity contribution >= 4 is 21.7 Å². The van der Waals surface area contributed by atoms with Gasteiger partial charge in [-0.15, -0.1) is 0 Å². The monoisotopic (exact) mass is 236 g/mol. The summed E-state index contributed by atoms with van der Waals surface area (Å²) < 4.78 is 43.0. The normalized spacial score (nSPS) is 12.4. The number of rotatable bonds is 0. The van der Waals surface area contributed by atoms with Crippen molar-refractivity contribution in [1.29, 1.82) is 0 Å². The summed E-state index contributed by atoms with van der Waals surface area (Å²) >= 11 is 0. The molecule has 0 bridgehead atoms. The molecule has 1 nitrogen and oxygen atoms in total. The van der Waals surface area contributed by atoms with Gasteiger partial charge in [0.25, 0.3) is 0 Å². The predicted molar refractivity (Wildman–Crippen MR) is 58.7 cm³/mol. The number of fused-ring (bicyclic) bond motifs is 2. The van der Waals surface area contributed by atoms with Crippen LogP contribution in [0.5, 0.6) is 0 Å². The summed E-state index contributed by atoms with van der Waals surface area (Å²) in [6.45, 7) is 0. The zero-order chi connectivity index (χ0) is 12.0. The molecule has 0 unspecified atom stereocenters. The molecular formula is C13H7F3O. The topological polar surface area (TPSA) is 13.1 Å². The van der Waals surface area contributed by atoms with Crippen molar-refractivity contribution in [2.45, 2.75) is 6.18 Å². The largest absolute Gasteiger partial charge is 0.464 e. The van der Waals surface area contributed by atoms with Crippen molar-refractivity contribution in [2.75, 3.05) is 0 Å². The summed E-state index contributed by atoms with van der Waals surface area (Å²) in [6.07, 6.45) is -3.61. The maximum Gasteiger partial charge on any atom is 0.420 e. The van der Waals surface area contributed by atoms with Gasteiger partial charge in [0.05, 0.1) is 0 Å². The van der Waals surface area contributed by atoms with Gasteiger partial charge in [-0.3, -0.25) is 0 Å². The fraction of sp³-hybridized carbons (Fsp3) is 0.0769. The van der Waals surface area contributed by atoms with Crippen LogP contribution in [0.2, 0.25) is 0 Å². The second-order valence-corrected chi connectivity index (χ2v) is 3.84. The summed E-state index contributed by atoms with van der Waals surface area (Å²) in [4.78, 5) is 0. The van der Waals surface area contributed by atoms with Crippen molar-refractivity contribution in [1.82, 2.24) is 0 Å². The van der Waals surface area contributed by atoms with E-state index in [1.165, 1.54) is 6.07 Å². The summed E-state index contributed by atoms with van der Waals surface area (Å²) in [5.41, 5.74) is -0.464. The molecule has 1 heterocycles. The highest BCUT2D eigenvalue weighted by atomic mass is 19.4. The SMILES string of the molecule is FC(F)(F)c1coc2cc3ccccc3cc12. The molecule has 0 saturated heterocycles. The Bertz CT molecular complexity index is 695. The third-order valence-electron chi connectivity index (χ3n) is 2.75. The highest BCUT2D eigenvalue weighted by molar-refractivity contribution is 5.97. The van der Waals surface area contributed by atoms with Crippen molar-refractivity contribution in [2.24, 2.45) is 0 Å². The summed E-state index contributed by atoms with van der Waals surface area (Å²) in [7, 11) is 0. The average molecular weight is 236 g/mol. The molecule has 0 N–H and O–H groups in total. The Morgan fingerprint density at radius 1 is 0.941 bits per heavy atom. The maximum absolute atomic E-state index is 12.7. The lowest BCUT2D eigenvalue weighted by Crippen LogP contribution is -2.03. The second-order valence-electron chi connectivity index (χ2n) is 3.84. The van der Waals surface area contributed by atoms with Gasteiger partial charge >= 0.3 is 6.18 Å². The Morgan fingerprint density at radius 3 is 2.24 bits per heavy atom. The van der Waals surface area contributed by atoms with Gasteiger partial charge in [-0.1, -0.05) is 24.3 Å². The number of hydrogen-bond acceptors (Lipinski definition) is 1. The molecule has 0 saturated carbocycles. The van der Waals surface area contributed by atoms with Gasteiger partial charge in [0.1, 0.15) is 17.4 Å². The van der Waals surface area contributed by atoms with Crippen LogP contribution in [0.15, 0.2) is 47.1 Å². The van der Waals surface area contributed by atoms with Crippen LogP contribution in [0.4, 0.5) is 13.2 Å². The van der Waals surface area contributed by atoms with Gasteiger partial charge < -0.3 is 4.42 Å². The Balaban J connectivity index is 2.39. The molecule has 0 aliphatic rings. The van der Waals surface area contributed by atoms with Crippen LogP contribution in [-0.2, 0) is 6.18 Å². The van der Waals surface area contributed by atoms with Gasteiger partial charge in [-0.05, 0) is 22.9 Å². The van der Waals surface area contributed by atoms with Crippen LogP contribution in [0.1, 0.15) is 5.56 Å². The van der Waals surface area contributed by atoms with Crippen molar-refractivity contribution in [3.8, 4) is 0 Å². The molecule has 4 heteroatoms. The van der Waals surface area contributed by atoms with Crippen molar-refractivity contribution < 1.29 is 17.6 Å². The molecular weight excluding hydrogens is 229 g/mol. The lowest BCUT2D eigenvalue weighted by molar-refractivity contribution is -0.136. The molecule has 3 aromatic rings. The Kier molecular flexibility index (Phi) is 1.96. The summed E-state index contributed by atoms with van der Waals surface area (Å²) in [6, 6.07) is 10.4. The lowest BCUT2D eigenvalue weighted by Gasteiger charge is -2.03. The van der Waals surface area contributed by atoms with Crippen LogP contribution < -0.4 is 0 Å². The summed E-state index contributed by atoms with van der Waals surface area (Å²) in [5.74, 6) is 0. The average Bonchev–Trinajstić information content (AvgIpc) is 2.68. The first kappa shape index (κ1) is 10.2. The van der Waals surface area contributed by atoms with E-state index in [-0.39, 0.29) is 11.0 Å². The lowest BCUT2D eigenvalue weighted by atomic mass is 10.1. The van der Waals surface area contributed by atoms with Gasteiger partial charge in [0.15, 0.2) is 0 Å². The molecule has 1 aromatic heterocycles. The number of benzene rings is 2. The van der Waals surface area contributed by atoms with E-state index in [4.69, 9.17) is 4.42 Å². The van der Waals surface area contributed by atoms with E-state index in [9.17, 15) is 13.2 Å². The van der Waals surface area contributed by atoms with Gasteiger partial charge in [0.2, 0.25) is 0 Å². The molecule has 0 aliphatic carbocycles. The van der Waals surface area contributed by atoms with Crippen LogP contribution in [0.3, 0.4) is 0 Å². The van der Waals surface area contributed by atoms with Gasteiger partial charge in [0, 0.05) is 5.39 Å². The summed E-state index contributed by atoms with van der Waals surface area (Å²) in [5, 5.41) is 1.74. The zero-order valence-electron chi connectivity index (χ0n) is 8.58. The Hall–Kier alpha value is -1.97. The minimum absolute atomic E-state index is 0.108. The Labute approximate surface area is 94.5 Å². The van der Waals surface area contributed by atoms with E-state index < -0.39 is 11.7 Å². The first-order valence-electron chi connectivity index (χ1n) is 5.03. The van der Waals surface area contributed by atoms with Crippen LogP contribution in [0, 0.1) is 0 Å². The number of hydrogen-bond donors (Lipinski definition) is 0.